The second-order valence-corrected chi connectivity index (χ2v) is 4.62. The number of hydrogen-bond acceptors (Lipinski definition) is 5. The van der Waals surface area contributed by atoms with E-state index < -0.39 is 33.2 Å². The first-order chi connectivity index (χ1) is 7.31. The summed E-state index contributed by atoms with van der Waals surface area (Å²) in [4.78, 5) is 9.49. The number of rotatable bonds is 4. The van der Waals surface area contributed by atoms with Gasteiger partial charge in [-0.25, -0.2) is 0 Å². The van der Waals surface area contributed by atoms with Gasteiger partial charge >= 0.3 is 5.69 Å². The van der Waals surface area contributed by atoms with Crippen LogP contribution in [0, 0.1) is 15.9 Å². The molecule has 0 atom stereocenters. The molecule has 16 heavy (non-hydrogen) atoms. The summed E-state index contributed by atoms with van der Waals surface area (Å²) in [5, 5.41) is 10.4. The van der Waals surface area contributed by atoms with Crippen molar-refractivity contribution in [3.8, 4) is 0 Å². The summed E-state index contributed by atoms with van der Waals surface area (Å²) in [6.07, 6.45) is 0.808. The van der Waals surface area contributed by atoms with E-state index in [0.29, 0.717) is 0 Å². The monoisotopic (exact) mass is 249 g/mol. The van der Waals surface area contributed by atoms with Crippen LogP contribution in [-0.4, -0.2) is 19.6 Å². The normalized spacial score (nSPS) is 11.4. The van der Waals surface area contributed by atoms with Crippen LogP contribution in [-0.2, 0) is 20.9 Å². The zero-order chi connectivity index (χ0) is 12.3. The first kappa shape index (κ1) is 12.5. The molecule has 0 fully saturated rings. The molecule has 0 aliphatic carbocycles. The molecule has 0 aliphatic rings. The zero-order valence-corrected chi connectivity index (χ0v) is 9.03. The Balaban J connectivity index is 2.98. The lowest BCUT2D eigenvalue weighted by atomic mass is 10.2. The van der Waals surface area contributed by atoms with Gasteiger partial charge in [-0.2, -0.15) is 12.8 Å². The molecule has 1 aromatic rings. The second-order valence-electron chi connectivity index (χ2n) is 2.97. The zero-order valence-electron chi connectivity index (χ0n) is 8.21. The molecule has 0 bridgehead atoms. The van der Waals surface area contributed by atoms with E-state index in [1.807, 2.05) is 0 Å². The highest BCUT2D eigenvalue weighted by atomic mass is 32.2. The van der Waals surface area contributed by atoms with E-state index in [0.717, 1.165) is 12.3 Å². The maximum Gasteiger partial charge on any atom is 0.305 e. The maximum absolute atomic E-state index is 13.4. The van der Waals surface area contributed by atoms with Gasteiger partial charge in [-0.05, 0) is 0 Å². The minimum atomic E-state index is -3.71. The lowest BCUT2D eigenvalue weighted by molar-refractivity contribution is -0.387. The van der Waals surface area contributed by atoms with E-state index in [1.54, 1.807) is 0 Å². The smallest absolute Gasteiger partial charge is 0.265 e. The molecule has 0 N–H and O–H groups in total. The van der Waals surface area contributed by atoms with Crippen molar-refractivity contribution in [2.45, 2.75) is 6.61 Å². The van der Waals surface area contributed by atoms with Gasteiger partial charge in [-0.3, -0.25) is 14.3 Å². The summed E-state index contributed by atoms with van der Waals surface area (Å²) in [7, 11) is -3.71. The van der Waals surface area contributed by atoms with E-state index in [4.69, 9.17) is 0 Å². The summed E-state index contributed by atoms with van der Waals surface area (Å²) >= 11 is 0. The number of hydrogen-bond donors (Lipinski definition) is 0. The molecule has 0 saturated heterocycles. The van der Waals surface area contributed by atoms with Crippen LogP contribution in [0.1, 0.15) is 5.56 Å². The molecule has 1 aromatic carbocycles. The van der Waals surface area contributed by atoms with E-state index in [9.17, 15) is 22.9 Å². The van der Waals surface area contributed by atoms with E-state index >= 15 is 0 Å². The Morgan fingerprint density at radius 2 is 2.12 bits per heavy atom. The van der Waals surface area contributed by atoms with Crippen LogP contribution in [0.5, 0.6) is 0 Å². The highest BCUT2D eigenvalue weighted by molar-refractivity contribution is 7.85. The molecule has 1 rings (SSSR count). The summed E-state index contributed by atoms with van der Waals surface area (Å²) in [6, 6.07) is 3.45. The molecule has 0 radical (unpaired) electrons. The van der Waals surface area contributed by atoms with Crippen LogP contribution in [0.3, 0.4) is 0 Å². The standard InChI is InChI=1S/C8H8FNO5S/c1-16(13,14)15-5-6-3-2-4-7(8(6)9)10(11)12/h2-4H,5H2,1H3. The van der Waals surface area contributed by atoms with Gasteiger partial charge in [0.2, 0.25) is 5.82 Å². The van der Waals surface area contributed by atoms with Crippen molar-refractivity contribution in [2.75, 3.05) is 6.26 Å². The van der Waals surface area contributed by atoms with Crippen LogP contribution in [0.15, 0.2) is 18.2 Å². The topological polar surface area (TPSA) is 86.5 Å². The minimum Gasteiger partial charge on any atom is -0.265 e. The quantitative estimate of drug-likeness (QED) is 0.454. The van der Waals surface area contributed by atoms with Gasteiger partial charge in [0.05, 0.1) is 17.8 Å². The Hall–Kier alpha value is -1.54. The SMILES string of the molecule is CS(=O)(=O)OCc1cccc([N+](=O)[O-])c1F. The van der Waals surface area contributed by atoms with Crippen LogP contribution >= 0.6 is 0 Å². The third-order valence-corrected chi connectivity index (χ3v) is 2.23. The molecule has 0 heterocycles. The molecule has 8 heteroatoms. The molecule has 6 nitrogen and oxygen atoms in total. The van der Waals surface area contributed by atoms with Gasteiger partial charge in [-0.1, -0.05) is 12.1 Å². The molecule has 0 unspecified atom stereocenters. The van der Waals surface area contributed by atoms with Gasteiger partial charge in [0.15, 0.2) is 0 Å². The molecular formula is C8H8FNO5S. The van der Waals surface area contributed by atoms with Crippen molar-refractivity contribution in [2.24, 2.45) is 0 Å². The number of nitrogens with zero attached hydrogens (tertiary/aromatic N) is 1. The highest BCUT2D eigenvalue weighted by Crippen LogP contribution is 2.20. The van der Waals surface area contributed by atoms with E-state index in [1.165, 1.54) is 12.1 Å². The number of nitro groups is 1. The number of nitro benzene ring substituents is 1. The molecule has 0 spiro atoms. The Morgan fingerprint density at radius 3 is 2.62 bits per heavy atom. The largest absolute Gasteiger partial charge is 0.305 e. The summed E-state index contributed by atoms with van der Waals surface area (Å²) < 4.78 is 39.0. The summed E-state index contributed by atoms with van der Waals surface area (Å²) in [5.74, 6) is -1.09. The van der Waals surface area contributed by atoms with Crippen LogP contribution in [0.25, 0.3) is 0 Å². The summed E-state index contributed by atoms with van der Waals surface area (Å²) in [6.45, 7) is -0.563. The number of benzene rings is 1. The number of halogens is 1. The predicted molar refractivity (Wildman–Crippen MR) is 52.7 cm³/mol. The predicted octanol–water partition coefficient (Wildman–Crippen LogP) is 1.21. The maximum atomic E-state index is 13.4. The fourth-order valence-electron chi connectivity index (χ4n) is 0.989. The van der Waals surface area contributed by atoms with Crippen molar-refractivity contribution in [3.63, 3.8) is 0 Å². The third-order valence-electron chi connectivity index (χ3n) is 1.68. The summed E-state index contributed by atoms with van der Waals surface area (Å²) in [5.41, 5.74) is -0.894. The Kier molecular flexibility index (Phi) is 3.55. The average Bonchev–Trinajstić information content (AvgIpc) is 2.14. The van der Waals surface area contributed by atoms with Gasteiger partial charge in [-0.15, -0.1) is 0 Å². The van der Waals surface area contributed by atoms with Crippen molar-refractivity contribution in [1.29, 1.82) is 0 Å². The van der Waals surface area contributed by atoms with Crippen LogP contribution in [0.2, 0.25) is 0 Å². The Morgan fingerprint density at radius 1 is 1.50 bits per heavy atom. The molecule has 0 amide bonds. The van der Waals surface area contributed by atoms with E-state index in [-0.39, 0.29) is 5.56 Å². The Bertz CT molecular complexity index is 513. The lowest BCUT2D eigenvalue weighted by Crippen LogP contribution is -2.05. The van der Waals surface area contributed by atoms with Crippen molar-refractivity contribution in [1.82, 2.24) is 0 Å². The van der Waals surface area contributed by atoms with Gasteiger partial charge in [0.25, 0.3) is 10.1 Å². The fraction of sp³-hybridized carbons (Fsp3) is 0.250. The average molecular weight is 249 g/mol. The second kappa shape index (κ2) is 4.54. The lowest BCUT2D eigenvalue weighted by Gasteiger charge is -2.03. The Labute approximate surface area is 90.9 Å². The van der Waals surface area contributed by atoms with Crippen molar-refractivity contribution >= 4 is 15.8 Å². The molecule has 88 valence electrons. The van der Waals surface area contributed by atoms with Crippen molar-refractivity contribution < 1.29 is 21.9 Å². The first-order valence-electron chi connectivity index (χ1n) is 4.07. The molecular weight excluding hydrogens is 241 g/mol. The van der Waals surface area contributed by atoms with Gasteiger partial charge in [0.1, 0.15) is 0 Å². The molecule has 0 aromatic heterocycles. The highest BCUT2D eigenvalue weighted by Gasteiger charge is 2.18. The van der Waals surface area contributed by atoms with E-state index in [2.05, 4.69) is 4.18 Å². The third kappa shape index (κ3) is 3.24. The fourth-order valence-corrected chi connectivity index (χ4v) is 1.33. The van der Waals surface area contributed by atoms with Gasteiger partial charge in [0, 0.05) is 11.6 Å². The molecule has 0 aliphatic heterocycles. The molecule has 0 saturated carbocycles. The minimum absolute atomic E-state index is 0.181. The van der Waals surface area contributed by atoms with Crippen LogP contribution in [0.4, 0.5) is 10.1 Å². The first-order valence-corrected chi connectivity index (χ1v) is 5.89. The van der Waals surface area contributed by atoms with Gasteiger partial charge < -0.3 is 0 Å². The van der Waals surface area contributed by atoms with Crippen LogP contribution < -0.4 is 0 Å². The van der Waals surface area contributed by atoms with Crippen molar-refractivity contribution in [3.05, 3.63) is 39.7 Å².